The SMILES string of the molecule is N#Cc1ccc(-c2cccc(-c3nc(-c4ccccc4)nc(-c4ccc(-c5ccc(-c6nc7c(c8ccccc68)C6(c8ccccc8-c8ccccc86)c6ccccc6-7)cc5)cc4)n3)c2)cc1. The van der Waals surface area contributed by atoms with Crippen LogP contribution in [0.25, 0.3) is 101 Å². The zero-order valence-electron chi connectivity index (χ0n) is 36.1. The summed E-state index contributed by atoms with van der Waals surface area (Å²) in [5, 5.41) is 11.7. The summed E-state index contributed by atoms with van der Waals surface area (Å²) in [6.07, 6.45) is 0. The zero-order valence-corrected chi connectivity index (χ0v) is 36.1. The summed E-state index contributed by atoms with van der Waals surface area (Å²) in [5.74, 6) is 1.79. The van der Waals surface area contributed by atoms with Gasteiger partial charge in [0, 0.05) is 38.8 Å². The third-order valence-electron chi connectivity index (χ3n) is 13.6. The molecule has 2 aliphatic rings. The molecule has 2 heterocycles. The van der Waals surface area contributed by atoms with E-state index >= 15 is 0 Å². The van der Waals surface area contributed by atoms with Gasteiger partial charge in [-0.1, -0.05) is 206 Å². The zero-order chi connectivity index (χ0) is 44.5. The maximum absolute atomic E-state index is 9.32. The monoisotopic (exact) mass is 851 g/mol. The number of nitriles is 1. The van der Waals surface area contributed by atoms with Gasteiger partial charge in [0.05, 0.1) is 28.4 Å². The molecule has 9 aromatic carbocycles. The maximum atomic E-state index is 9.32. The summed E-state index contributed by atoms with van der Waals surface area (Å²) in [6.45, 7) is 0. The van der Waals surface area contributed by atoms with Crippen LogP contribution in [-0.4, -0.2) is 19.9 Å². The highest BCUT2D eigenvalue weighted by Gasteiger charge is 2.53. The van der Waals surface area contributed by atoms with E-state index in [1.54, 1.807) is 0 Å². The van der Waals surface area contributed by atoms with Crippen molar-refractivity contribution in [3.63, 3.8) is 0 Å². The lowest BCUT2D eigenvalue weighted by molar-refractivity contribution is 0.799. The molecular weight excluding hydrogens is 815 g/mol. The van der Waals surface area contributed by atoms with Gasteiger partial charge in [-0.3, -0.25) is 0 Å². The standard InChI is InChI=1S/C62H37N5/c63-38-39-25-27-42(28-26-39)46-15-12-16-47(37-46)61-66-59(44-13-2-1-3-14-44)65-60(67-61)45-35-31-41(32-36-45)40-29-33-43(34-30-40)57-51-20-5-4-19-50(51)56-58(64-57)52-21-8-11-24-55(52)62(56)53-22-9-6-17-48(53)49-18-7-10-23-54(49)62/h1-37H. The molecular formula is C62H37N5. The molecule has 0 unspecified atom stereocenters. The second kappa shape index (κ2) is 15.3. The maximum Gasteiger partial charge on any atom is 0.164 e. The van der Waals surface area contributed by atoms with Crippen molar-refractivity contribution in [2.45, 2.75) is 5.41 Å². The third-order valence-corrected chi connectivity index (χ3v) is 13.6. The Labute approximate surface area is 388 Å². The smallest absolute Gasteiger partial charge is 0.164 e. The summed E-state index contributed by atoms with van der Waals surface area (Å²) in [7, 11) is 0. The molecule has 0 radical (unpaired) electrons. The van der Waals surface area contributed by atoms with Gasteiger partial charge in [0.2, 0.25) is 0 Å². The molecule has 0 aliphatic heterocycles. The van der Waals surface area contributed by atoms with Crippen molar-refractivity contribution < 1.29 is 0 Å². The van der Waals surface area contributed by atoms with Crippen LogP contribution in [-0.2, 0) is 5.41 Å². The van der Waals surface area contributed by atoms with E-state index in [9.17, 15) is 5.26 Å². The lowest BCUT2D eigenvalue weighted by atomic mass is 9.69. The number of nitrogens with zero attached hydrogens (tertiary/aromatic N) is 5. The van der Waals surface area contributed by atoms with Crippen molar-refractivity contribution in [1.29, 1.82) is 5.26 Å². The Morgan fingerprint density at radius 3 is 1.37 bits per heavy atom. The molecule has 2 aromatic heterocycles. The normalized spacial score (nSPS) is 12.6. The molecule has 67 heavy (non-hydrogen) atoms. The lowest BCUT2D eigenvalue weighted by Crippen LogP contribution is -2.26. The van der Waals surface area contributed by atoms with E-state index in [0.717, 1.165) is 61.3 Å². The van der Waals surface area contributed by atoms with Crippen LogP contribution in [0, 0.1) is 11.3 Å². The first-order valence-electron chi connectivity index (χ1n) is 22.5. The average molecular weight is 852 g/mol. The first-order chi connectivity index (χ1) is 33.2. The molecule has 0 atom stereocenters. The number of hydrogen-bond acceptors (Lipinski definition) is 5. The Kier molecular flexibility index (Phi) is 8.74. The van der Waals surface area contributed by atoms with Gasteiger partial charge in [-0.05, 0) is 73.7 Å². The van der Waals surface area contributed by atoms with Crippen molar-refractivity contribution in [3.05, 3.63) is 252 Å². The molecule has 0 N–H and O–H groups in total. The van der Waals surface area contributed by atoms with Crippen LogP contribution < -0.4 is 0 Å². The quantitative estimate of drug-likeness (QED) is 0.167. The average Bonchev–Trinajstić information content (AvgIpc) is 3.88. The van der Waals surface area contributed by atoms with E-state index < -0.39 is 5.41 Å². The Bertz CT molecular complexity index is 3750. The van der Waals surface area contributed by atoms with Gasteiger partial charge in [-0.2, -0.15) is 5.26 Å². The first-order valence-corrected chi connectivity index (χ1v) is 22.5. The van der Waals surface area contributed by atoms with Gasteiger partial charge in [0.15, 0.2) is 17.5 Å². The fourth-order valence-corrected chi connectivity index (χ4v) is 10.6. The van der Waals surface area contributed by atoms with Gasteiger partial charge in [-0.15, -0.1) is 0 Å². The molecule has 5 heteroatoms. The second-order valence-corrected chi connectivity index (χ2v) is 17.2. The highest BCUT2D eigenvalue weighted by molar-refractivity contribution is 6.06. The van der Waals surface area contributed by atoms with E-state index in [1.165, 1.54) is 44.3 Å². The molecule has 1 spiro atoms. The molecule has 0 saturated carbocycles. The summed E-state index contributed by atoms with van der Waals surface area (Å²) in [4.78, 5) is 20.7. The fraction of sp³-hybridized carbons (Fsp3) is 0.0161. The molecule has 2 aliphatic carbocycles. The molecule has 5 nitrogen and oxygen atoms in total. The van der Waals surface area contributed by atoms with Gasteiger partial charge in [0.25, 0.3) is 0 Å². The molecule has 13 rings (SSSR count). The van der Waals surface area contributed by atoms with Crippen LogP contribution in [0.2, 0.25) is 0 Å². The Balaban J connectivity index is 0.869. The predicted octanol–water partition coefficient (Wildman–Crippen LogP) is 14.6. The van der Waals surface area contributed by atoms with Crippen LogP contribution in [0.1, 0.15) is 27.8 Å². The number of benzene rings is 9. The first kappa shape index (κ1) is 38.4. The summed E-state index contributed by atoms with van der Waals surface area (Å²) >= 11 is 0. The van der Waals surface area contributed by atoms with E-state index in [4.69, 9.17) is 19.9 Å². The molecule has 11 aromatic rings. The van der Waals surface area contributed by atoms with Gasteiger partial charge in [-0.25, -0.2) is 19.9 Å². The molecule has 0 bridgehead atoms. The van der Waals surface area contributed by atoms with Crippen LogP contribution in [0.15, 0.2) is 224 Å². The predicted molar refractivity (Wildman–Crippen MR) is 269 cm³/mol. The Morgan fingerprint density at radius 2 is 0.746 bits per heavy atom. The third kappa shape index (κ3) is 6.01. The van der Waals surface area contributed by atoms with Crippen molar-refractivity contribution in [2.24, 2.45) is 0 Å². The van der Waals surface area contributed by atoms with Gasteiger partial charge < -0.3 is 0 Å². The number of pyridine rings is 1. The minimum atomic E-state index is -0.468. The van der Waals surface area contributed by atoms with Crippen molar-refractivity contribution in [1.82, 2.24) is 19.9 Å². The summed E-state index contributed by atoms with van der Waals surface area (Å²) in [5.41, 5.74) is 19.1. The second-order valence-electron chi connectivity index (χ2n) is 17.2. The largest absolute Gasteiger partial charge is 0.247 e. The Hall–Kier alpha value is -9.11. The summed E-state index contributed by atoms with van der Waals surface area (Å²) < 4.78 is 0. The van der Waals surface area contributed by atoms with Crippen molar-refractivity contribution >= 4 is 10.8 Å². The van der Waals surface area contributed by atoms with Crippen LogP contribution in [0.5, 0.6) is 0 Å². The highest BCUT2D eigenvalue weighted by atomic mass is 15.0. The van der Waals surface area contributed by atoms with E-state index in [1.807, 2.05) is 66.7 Å². The lowest BCUT2D eigenvalue weighted by Gasteiger charge is -2.31. The molecule has 0 amide bonds. The van der Waals surface area contributed by atoms with Crippen LogP contribution >= 0.6 is 0 Å². The minimum Gasteiger partial charge on any atom is -0.247 e. The Morgan fingerprint density at radius 1 is 0.313 bits per heavy atom. The molecule has 310 valence electrons. The van der Waals surface area contributed by atoms with Crippen molar-refractivity contribution in [2.75, 3.05) is 0 Å². The number of hydrogen-bond donors (Lipinski definition) is 0. The number of rotatable bonds is 6. The van der Waals surface area contributed by atoms with Gasteiger partial charge in [0.1, 0.15) is 0 Å². The summed E-state index contributed by atoms with van der Waals surface area (Å²) in [6, 6.07) is 80.8. The van der Waals surface area contributed by atoms with Gasteiger partial charge >= 0.3 is 0 Å². The number of aromatic nitrogens is 4. The van der Waals surface area contributed by atoms with E-state index in [0.29, 0.717) is 23.0 Å². The fourth-order valence-electron chi connectivity index (χ4n) is 10.6. The van der Waals surface area contributed by atoms with E-state index in [2.05, 4.69) is 164 Å². The topological polar surface area (TPSA) is 75.3 Å². The minimum absolute atomic E-state index is 0.468. The van der Waals surface area contributed by atoms with Crippen LogP contribution in [0.4, 0.5) is 0 Å². The highest BCUT2D eigenvalue weighted by Crippen LogP contribution is 2.64. The number of fused-ring (bicyclic) bond motifs is 12. The molecule has 0 saturated heterocycles. The van der Waals surface area contributed by atoms with E-state index in [-0.39, 0.29) is 0 Å². The molecule has 0 fully saturated rings. The van der Waals surface area contributed by atoms with Crippen LogP contribution in [0.3, 0.4) is 0 Å². The van der Waals surface area contributed by atoms with Crippen molar-refractivity contribution in [3.8, 4) is 96.1 Å².